The second kappa shape index (κ2) is 4.23. The van der Waals surface area contributed by atoms with Crippen LogP contribution < -0.4 is 11.5 Å². The van der Waals surface area contributed by atoms with E-state index in [4.69, 9.17) is 11.5 Å². The molecular formula is C13H20N2. The van der Waals surface area contributed by atoms with Crippen LogP contribution in [-0.4, -0.2) is 0 Å². The van der Waals surface area contributed by atoms with Gasteiger partial charge in [0, 0.05) is 11.7 Å². The van der Waals surface area contributed by atoms with Crippen molar-refractivity contribution >= 4 is 5.69 Å². The Balaban J connectivity index is 2.40. The van der Waals surface area contributed by atoms with Crippen molar-refractivity contribution in [2.24, 2.45) is 5.73 Å². The molecule has 4 N–H and O–H groups in total. The van der Waals surface area contributed by atoms with Crippen LogP contribution in [0.4, 0.5) is 5.69 Å². The Morgan fingerprint density at radius 2 is 1.80 bits per heavy atom. The van der Waals surface area contributed by atoms with E-state index in [1.807, 2.05) is 0 Å². The van der Waals surface area contributed by atoms with Crippen molar-refractivity contribution in [1.29, 1.82) is 0 Å². The highest BCUT2D eigenvalue weighted by Crippen LogP contribution is 2.29. The molecule has 0 aliphatic heterocycles. The van der Waals surface area contributed by atoms with Crippen LogP contribution in [0.3, 0.4) is 0 Å². The molecule has 0 amide bonds. The fourth-order valence-corrected chi connectivity index (χ4v) is 2.36. The third-order valence-electron chi connectivity index (χ3n) is 3.39. The lowest BCUT2D eigenvalue weighted by Crippen LogP contribution is -2.14. The molecule has 1 unspecified atom stereocenters. The minimum atomic E-state index is 0.0947. The van der Waals surface area contributed by atoms with Crippen molar-refractivity contribution in [3.63, 3.8) is 0 Å². The second-order valence-electron chi connectivity index (χ2n) is 4.47. The first kappa shape index (κ1) is 10.5. The van der Waals surface area contributed by atoms with E-state index in [0.717, 1.165) is 17.7 Å². The molecule has 1 aliphatic rings. The van der Waals surface area contributed by atoms with E-state index in [1.54, 1.807) is 0 Å². The Hall–Kier alpha value is -1.02. The zero-order valence-corrected chi connectivity index (χ0v) is 9.42. The monoisotopic (exact) mass is 204 g/mol. The van der Waals surface area contributed by atoms with Gasteiger partial charge in [-0.1, -0.05) is 13.0 Å². The molecule has 0 saturated heterocycles. The maximum Gasteiger partial charge on any atom is 0.0365 e. The Labute approximate surface area is 91.7 Å². The predicted molar refractivity (Wildman–Crippen MR) is 64.7 cm³/mol. The van der Waals surface area contributed by atoms with Gasteiger partial charge in [-0.05, 0) is 54.9 Å². The fraction of sp³-hybridized carbons (Fsp3) is 0.538. The summed E-state index contributed by atoms with van der Waals surface area (Å²) in [6.07, 6.45) is 5.92. The van der Waals surface area contributed by atoms with E-state index in [0.29, 0.717) is 0 Å². The van der Waals surface area contributed by atoms with E-state index in [-0.39, 0.29) is 6.04 Å². The second-order valence-corrected chi connectivity index (χ2v) is 4.47. The van der Waals surface area contributed by atoms with E-state index in [9.17, 15) is 0 Å². The summed E-state index contributed by atoms with van der Waals surface area (Å²) >= 11 is 0. The van der Waals surface area contributed by atoms with Crippen molar-refractivity contribution in [3.8, 4) is 0 Å². The number of hydrogen-bond donors (Lipinski definition) is 2. The van der Waals surface area contributed by atoms with Gasteiger partial charge in [-0.2, -0.15) is 0 Å². The summed E-state index contributed by atoms with van der Waals surface area (Å²) in [4.78, 5) is 0. The maximum atomic E-state index is 6.05. The Bertz CT molecular complexity index is 358. The van der Waals surface area contributed by atoms with Gasteiger partial charge in [0.05, 0.1) is 0 Å². The van der Waals surface area contributed by atoms with Crippen molar-refractivity contribution in [1.82, 2.24) is 0 Å². The average molecular weight is 204 g/mol. The molecule has 0 heterocycles. The molecular weight excluding hydrogens is 184 g/mol. The van der Waals surface area contributed by atoms with Crippen LogP contribution in [0.1, 0.15) is 48.9 Å². The smallest absolute Gasteiger partial charge is 0.0365 e. The van der Waals surface area contributed by atoms with Crippen LogP contribution in [0.25, 0.3) is 0 Å². The molecule has 0 aromatic heterocycles. The SMILES string of the molecule is CCC(N)c1cc2c(cc1N)CCCC2. The van der Waals surface area contributed by atoms with Gasteiger partial charge in [0.1, 0.15) is 0 Å². The van der Waals surface area contributed by atoms with Gasteiger partial charge in [0.15, 0.2) is 0 Å². The highest BCUT2D eigenvalue weighted by Gasteiger charge is 2.14. The van der Waals surface area contributed by atoms with Crippen LogP contribution in [0.15, 0.2) is 12.1 Å². The van der Waals surface area contributed by atoms with E-state index >= 15 is 0 Å². The number of hydrogen-bond acceptors (Lipinski definition) is 2. The fourth-order valence-electron chi connectivity index (χ4n) is 2.36. The summed E-state index contributed by atoms with van der Waals surface area (Å²) in [6, 6.07) is 4.47. The minimum absolute atomic E-state index is 0.0947. The van der Waals surface area contributed by atoms with Gasteiger partial charge >= 0.3 is 0 Å². The summed E-state index contributed by atoms with van der Waals surface area (Å²) < 4.78 is 0. The van der Waals surface area contributed by atoms with E-state index in [1.165, 1.54) is 36.8 Å². The first-order valence-electron chi connectivity index (χ1n) is 5.89. The van der Waals surface area contributed by atoms with Crippen molar-refractivity contribution in [2.45, 2.75) is 45.1 Å². The number of benzene rings is 1. The van der Waals surface area contributed by atoms with Crippen LogP contribution in [-0.2, 0) is 12.8 Å². The summed E-state index contributed by atoms with van der Waals surface area (Å²) in [7, 11) is 0. The molecule has 1 aliphatic carbocycles. The maximum absolute atomic E-state index is 6.05. The van der Waals surface area contributed by atoms with E-state index in [2.05, 4.69) is 19.1 Å². The van der Waals surface area contributed by atoms with Gasteiger partial charge < -0.3 is 11.5 Å². The number of anilines is 1. The highest BCUT2D eigenvalue weighted by atomic mass is 14.7. The lowest BCUT2D eigenvalue weighted by atomic mass is 9.88. The summed E-state index contributed by atoms with van der Waals surface area (Å²) in [5, 5.41) is 0. The zero-order valence-electron chi connectivity index (χ0n) is 9.42. The first-order chi connectivity index (χ1) is 7.22. The van der Waals surface area contributed by atoms with Crippen LogP contribution in [0, 0.1) is 0 Å². The number of fused-ring (bicyclic) bond motifs is 1. The molecule has 0 fully saturated rings. The van der Waals surface area contributed by atoms with Crippen LogP contribution in [0.2, 0.25) is 0 Å². The highest BCUT2D eigenvalue weighted by molar-refractivity contribution is 5.54. The molecule has 0 spiro atoms. The Morgan fingerprint density at radius 3 is 2.40 bits per heavy atom. The normalized spacial score (nSPS) is 17.2. The third-order valence-corrected chi connectivity index (χ3v) is 3.39. The largest absolute Gasteiger partial charge is 0.398 e. The third kappa shape index (κ3) is 2.00. The summed E-state index contributed by atoms with van der Waals surface area (Å²) in [5.41, 5.74) is 17.0. The van der Waals surface area contributed by atoms with Gasteiger partial charge in [0.25, 0.3) is 0 Å². The predicted octanol–water partition coefficient (Wildman–Crippen LogP) is 2.56. The molecule has 1 atom stereocenters. The zero-order chi connectivity index (χ0) is 10.8. The topological polar surface area (TPSA) is 52.0 Å². The summed E-state index contributed by atoms with van der Waals surface area (Å²) in [6.45, 7) is 2.10. The van der Waals surface area contributed by atoms with Crippen LogP contribution >= 0.6 is 0 Å². The van der Waals surface area contributed by atoms with Crippen molar-refractivity contribution < 1.29 is 0 Å². The van der Waals surface area contributed by atoms with E-state index < -0.39 is 0 Å². The number of aryl methyl sites for hydroxylation is 2. The lowest BCUT2D eigenvalue weighted by molar-refractivity contribution is 0.671. The molecule has 82 valence electrons. The molecule has 0 saturated carbocycles. The molecule has 1 aromatic rings. The number of nitrogens with two attached hydrogens (primary N) is 2. The lowest BCUT2D eigenvalue weighted by Gasteiger charge is -2.20. The van der Waals surface area contributed by atoms with Crippen LogP contribution in [0.5, 0.6) is 0 Å². The minimum Gasteiger partial charge on any atom is -0.398 e. The quantitative estimate of drug-likeness (QED) is 0.727. The number of rotatable bonds is 2. The molecule has 2 heteroatoms. The average Bonchev–Trinajstić information content (AvgIpc) is 2.27. The summed E-state index contributed by atoms with van der Waals surface area (Å²) in [5.74, 6) is 0. The number of nitrogen functional groups attached to an aromatic ring is 1. The van der Waals surface area contributed by atoms with Crippen molar-refractivity contribution in [3.05, 3.63) is 28.8 Å². The molecule has 15 heavy (non-hydrogen) atoms. The molecule has 2 nitrogen and oxygen atoms in total. The van der Waals surface area contributed by atoms with Gasteiger partial charge in [-0.15, -0.1) is 0 Å². The van der Waals surface area contributed by atoms with Gasteiger partial charge in [-0.3, -0.25) is 0 Å². The van der Waals surface area contributed by atoms with Gasteiger partial charge in [0.2, 0.25) is 0 Å². The van der Waals surface area contributed by atoms with Gasteiger partial charge in [-0.25, -0.2) is 0 Å². The Morgan fingerprint density at radius 1 is 1.20 bits per heavy atom. The molecule has 0 radical (unpaired) electrons. The Kier molecular flexibility index (Phi) is 2.96. The first-order valence-corrected chi connectivity index (χ1v) is 5.89. The molecule has 0 bridgehead atoms. The molecule has 1 aromatic carbocycles. The van der Waals surface area contributed by atoms with Crippen molar-refractivity contribution in [2.75, 3.05) is 5.73 Å². The standard InChI is InChI=1S/C13H20N2/c1-2-12(14)11-7-9-5-3-4-6-10(9)8-13(11)15/h7-8,12H,2-6,14-15H2,1H3. The molecule has 2 rings (SSSR count).